The second-order valence-electron chi connectivity index (χ2n) is 5.34. The number of hydrogen-bond donors (Lipinski definition) is 2. The lowest BCUT2D eigenvalue weighted by Crippen LogP contribution is -2.38. The van der Waals surface area contributed by atoms with E-state index in [0.29, 0.717) is 11.5 Å². The van der Waals surface area contributed by atoms with Crippen LogP contribution in [-0.4, -0.2) is 23.7 Å². The highest BCUT2D eigenvalue weighted by molar-refractivity contribution is 9.10. The molecule has 1 aliphatic rings. The van der Waals surface area contributed by atoms with Crippen molar-refractivity contribution in [3.8, 4) is 0 Å². The summed E-state index contributed by atoms with van der Waals surface area (Å²) >= 11 is 3.45. The zero-order valence-corrected chi connectivity index (χ0v) is 12.7. The lowest BCUT2D eigenvalue weighted by atomic mass is 9.86. The van der Waals surface area contributed by atoms with Gasteiger partial charge in [0, 0.05) is 22.7 Å². The first-order valence-electron chi connectivity index (χ1n) is 6.78. The molecule has 0 aromatic heterocycles. The van der Waals surface area contributed by atoms with Crippen molar-refractivity contribution in [2.75, 3.05) is 6.61 Å². The first-order valence-corrected chi connectivity index (χ1v) is 7.57. The summed E-state index contributed by atoms with van der Waals surface area (Å²) < 4.78 is 0.962. The number of amides is 1. The molecule has 1 amide bonds. The predicted octanol–water partition coefficient (Wildman–Crippen LogP) is 3.04. The molecule has 0 heterocycles. The van der Waals surface area contributed by atoms with Crippen molar-refractivity contribution in [1.82, 2.24) is 5.32 Å². The van der Waals surface area contributed by atoms with Gasteiger partial charge in [-0.3, -0.25) is 4.79 Å². The van der Waals surface area contributed by atoms with Crippen LogP contribution in [0.4, 0.5) is 0 Å². The molecule has 19 heavy (non-hydrogen) atoms. The third-order valence-corrected chi connectivity index (χ3v) is 4.73. The van der Waals surface area contributed by atoms with E-state index in [2.05, 4.69) is 21.2 Å². The standard InChI is InChI=1S/C15H20BrNO2/c1-10-2-5-12(8-14(10)16)15(19)17-13-6-3-11(9-18)4-7-13/h2,5,8,11,13,18H,3-4,6-7,9H2,1H3,(H,17,19). The maximum absolute atomic E-state index is 12.1. The van der Waals surface area contributed by atoms with Gasteiger partial charge < -0.3 is 10.4 Å². The molecule has 0 atom stereocenters. The van der Waals surface area contributed by atoms with Crippen molar-refractivity contribution in [2.45, 2.75) is 38.6 Å². The van der Waals surface area contributed by atoms with Gasteiger partial charge >= 0.3 is 0 Å². The molecule has 0 spiro atoms. The molecule has 1 aliphatic carbocycles. The largest absolute Gasteiger partial charge is 0.396 e. The summed E-state index contributed by atoms with van der Waals surface area (Å²) in [6.07, 6.45) is 3.92. The van der Waals surface area contributed by atoms with Crippen molar-refractivity contribution in [2.24, 2.45) is 5.92 Å². The fourth-order valence-corrected chi connectivity index (χ4v) is 2.87. The van der Waals surface area contributed by atoms with Crippen molar-refractivity contribution >= 4 is 21.8 Å². The maximum atomic E-state index is 12.1. The Morgan fingerprint density at radius 3 is 2.63 bits per heavy atom. The van der Waals surface area contributed by atoms with Gasteiger partial charge in [0.25, 0.3) is 5.91 Å². The highest BCUT2D eigenvalue weighted by Gasteiger charge is 2.22. The van der Waals surface area contributed by atoms with E-state index in [4.69, 9.17) is 5.11 Å². The molecule has 0 unspecified atom stereocenters. The van der Waals surface area contributed by atoms with Gasteiger partial charge in [-0.05, 0) is 56.2 Å². The Hall–Kier alpha value is -0.870. The summed E-state index contributed by atoms with van der Waals surface area (Å²) in [4.78, 5) is 12.1. The molecule has 104 valence electrons. The Bertz CT molecular complexity index is 453. The summed E-state index contributed by atoms with van der Waals surface area (Å²) in [5.41, 5.74) is 1.82. The van der Waals surface area contributed by atoms with E-state index in [0.717, 1.165) is 35.7 Å². The number of aliphatic hydroxyl groups excluding tert-OH is 1. The van der Waals surface area contributed by atoms with E-state index >= 15 is 0 Å². The van der Waals surface area contributed by atoms with Gasteiger partial charge in [-0.15, -0.1) is 0 Å². The monoisotopic (exact) mass is 325 g/mol. The molecule has 0 aliphatic heterocycles. The Morgan fingerprint density at radius 1 is 1.37 bits per heavy atom. The maximum Gasteiger partial charge on any atom is 0.251 e. The quantitative estimate of drug-likeness (QED) is 0.897. The molecule has 0 radical (unpaired) electrons. The average Bonchev–Trinajstić information content (AvgIpc) is 2.42. The van der Waals surface area contributed by atoms with Crippen molar-refractivity contribution in [3.63, 3.8) is 0 Å². The van der Waals surface area contributed by atoms with Gasteiger partial charge in [0.1, 0.15) is 0 Å². The lowest BCUT2D eigenvalue weighted by Gasteiger charge is -2.28. The minimum absolute atomic E-state index is 0.00634. The van der Waals surface area contributed by atoms with Gasteiger partial charge in [-0.2, -0.15) is 0 Å². The van der Waals surface area contributed by atoms with Gasteiger partial charge in [0.2, 0.25) is 0 Å². The second kappa shape index (κ2) is 6.53. The highest BCUT2D eigenvalue weighted by Crippen LogP contribution is 2.24. The Kier molecular flexibility index (Phi) is 4.99. The fourth-order valence-electron chi connectivity index (χ4n) is 2.49. The molecule has 1 saturated carbocycles. The van der Waals surface area contributed by atoms with Crippen LogP contribution in [0.15, 0.2) is 22.7 Å². The first kappa shape index (κ1) is 14.5. The zero-order chi connectivity index (χ0) is 13.8. The number of benzene rings is 1. The van der Waals surface area contributed by atoms with Crippen molar-refractivity contribution < 1.29 is 9.90 Å². The van der Waals surface area contributed by atoms with Crippen LogP contribution < -0.4 is 5.32 Å². The molecule has 1 aromatic rings. The SMILES string of the molecule is Cc1ccc(C(=O)NC2CCC(CO)CC2)cc1Br. The molecular weight excluding hydrogens is 306 g/mol. The second-order valence-corrected chi connectivity index (χ2v) is 6.19. The first-order chi connectivity index (χ1) is 9.10. The Morgan fingerprint density at radius 2 is 2.05 bits per heavy atom. The molecule has 4 heteroatoms. The lowest BCUT2D eigenvalue weighted by molar-refractivity contribution is 0.0914. The number of hydrogen-bond acceptors (Lipinski definition) is 2. The molecule has 0 bridgehead atoms. The summed E-state index contributed by atoms with van der Waals surface area (Å²) in [6.45, 7) is 2.27. The smallest absolute Gasteiger partial charge is 0.251 e. The number of halogens is 1. The van der Waals surface area contributed by atoms with Gasteiger partial charge in [-0.1, -0.05) is 22.0 Å². The van der Waals surface area contributed by atoms with Crippen LogP contribution >= 0.6 is 15.9 Å². The zero-order valence-electron chi connectivity index (χ0n) is 11.2. The third kappa shape index (κ3) is 3.80. The van der Waals surface area contributed by atoms with E-state index in [9.17, 15) is 4.79 Å². The van der Waals surface area contributed by atoms with E-state index in [1.165, 1.54) is 0 Å². The van der Waals surface area contributed by atoms with Crippen molar-refractivity contribution in [1.29, 1.82) is 0 Å². The molecular formula is C15H20BrNO2. The van der Waals surface area contributed by atoms with Crippen LogP contribution in [0.1, 0.15) is 41.6 Å². The fraction of sp³-hybridized carbons (Fsp3) is 0.533. The highest BCUT2D eigenvalue weighted by atomic mass is 79.9. The van der Waals surface area contributed by atoms with E-state index in [1.807, 2.05) is 25.1 Å². The molecule has 1 fully saturated rings. The number of aryl methyl sites for hydroxylation is 1. The minimum Gasteiger partial charge on any atom is -0.396 e. The normalized spacial score (nSPS) is 23.1. The van der Waals surface area contributed by atoms with E-state index < -0.39 is 0 Å². The van der Waals surface area contributed by atoms with Gasteiger partial charge in [-0.25, -0.2) is 0 Å². The summed E-state index contributed by atoms with van der Waals surface area (Å²) in [7, 11) is 0. The number of carbonyl (C=O) groups excluding carboxylic acids is 1. The van der Waals surface area contributed by atoms with Crippen molar-refractivity contribution in [3.05, 3.63) is 33.8 Å². The van der Waals surface area contributed by atoms with E-state index in [1.54, 1.807) is 0 Å². The van der Waals surface area contributed by atoms with Crippen LogP contribution in [0.2, 0.25) is 0 Å². The number of aliphatic hydroxyl groups is 1. The molecule has 2 N–H and O–H groups in total. The van der Waals surface area contributed by atoms with Gasteiger partial charge in [0.15, 0.2) is 0 Å². The Balaban J connectivity index is 1.92. The molecule has 1 aromatic carbocycles. The van der Waals surface area contributed by atoms with Crippen LogP contribution in [0.5, 0.6) is 0 Å². The van der Waals surface area contributed by atoms with Gasteiger partial charge in [0.05, 0.1) is 0 Å². The third-order valence-electron chi connectivity index (χ3n) is 3.87. The molecule has 2 rings (SSSR count). The summed E-state index contributed by atoms with van der Waals surface area (Å²) in [5.74, 6) is 0.412. The van der Waals surface area contributed by atoms with Crippen LogP contribution in [0, 0.1) is 12.8 Å². The number of nitrogens with one attached hydrogen (secondary N) is 1. The number of carbonyl (C=O) groups is 1. The number of rotatable bonds is 3. The average molecular weight is 326 g/mol. The van der Waals surface area contributed by atoms with Crippen LogP contribution in [0.3, 0.4) is 0 Å². The topological polar surface area (TPSA) is 49.3 Å². The summed E-state index contributed by atoms with van der Waals surface area (Å²) in [5, 5.41) is 12.2. The molecule has 0 saturated heterocycles. The summed E-state index contributed by atoms with van der Waals surface area (Å²) in [6, 6.07) is 5.91. The molecule has 3 nitrogen and oxygen atoms in total. The Labute approximate surface area is 122 Å². The van der Waals surface area contributed by atoms with Crippen LogP contribution in [0.25, 0.3) is 0 Å². The van der Waals surface area contributed by atoms with E-state index in [-0.39, 0.29) is 18.6 Å². The minimum atomic E-state index is -0.00634. The van der Waals surface area contributed by atoms with Crippen LogP contribution in [-0.2, 0) is 0 Å². The predicted molar refractivity (Wildman–Crippen MR) is 79.2 cm³/mol.